The van der Waals surface area contributed by atoms with Crippen molar-refractivity contribution >= 4 is 39.5 Å². The standard InChI is InChI=1S/C21H18ClN3O4/c1-12-8-21(27)29-17-10-18(14(22)9-13(12)17)28-11-20(26)23-7-6-19-24-15-4-2-3-5-16(15)25-19/h2-5,8-10H,6-7,11H2,1H3,(H,23,26)(H,24,25). The van der Waals surface area contributed by atoms with Crippen molar-refractivity contribution in [1.82, 2.24) is 15.3 Å². The summed E-state index contributed by atoms with van der Waals surface area (Å²) in [6, 6.07) is 12.3. The van der Waals surface area contributed by atoms with Crippen LogP contribution in [0.2, 0.25) is 5.02 Å². The van der Waals surface area contributed by atoms with Crippen LogP contribution in [0.1, 0.15) is 11.4 Å². The van der Waals surface area contributed by atoms with Gasteiger partial charge in [0.1, 0.15) is 17.2 Å². The summed E-state index contributed by atoms with van der Waals surface area (Å²) in [5.41, 5.74) is 2.52. The molecule has 0 fully saturated rings. The molecule has 1 amide bonds. The summed E-state index contributed by atoms with van der Waals surface area (Å²) in [6.45, 7) is 2.01. The maximum absolute atomic E-state index is 12.1. The lowest BCUT2D eigenvalue weighted by molar-refractivity contribution is -0.123. The lowest BCUT2D eigenvalue weighted by Gasteiger charge is -2.10. The van der Waals surface area contributed by atoms with Crippen LogP contribution in [0.5, 0.6) is 5.75 Å². The smallest absolute Gasteiger partial charge is 0.336 e. The molecule has 0 radical (unpaired) electrons. The summed E-state index contributed by atoms with van der Waals surface area (Å²) in [6.07, 6.45) is 0.571. The van der Waals surface area contributed by atoms with E-state index in [0.29, 0.717) is 23.6 Å². The minimum atomic E-state index is -0.452. The molecule has 0 spiro atoms. The van der Waals surface area contributed by atoms with Crippen molar-refractivity contribution in [3.63, 3.8) is 0 Å². The minimum absolute atomic E-state index is 0.207. The van der Waals surface area contributed by atoms with E-state index >= 15 is 0 Å². The molecule has 0 bridgehead atoms. The Hall–Kier alpha value is -3.32. The van der Waals surface area contributed by atoms with Crippen LogP contribution < -0.4 is 15.7 Å². The number of aromatic amines is 1. The van der Waals surface area contributed by atoms with Gasteiger partial charge >= 0.3 is 5.63 Å². The van der Waals surface area contributed by atoms with Gasteiger partial charge in [-0.1, -0.05) is 23.7 Å². The van der Waals surface area contributed by atoms with E-state index in [0.717, 1.165) is 27.8 Å². The second-order valence-electron chi connectivity index (χ2n) is 6.62. The molecular formula is C21H18ClN3O4. The number of benzene rings is 2. The van der Waals surface area contributed by atoms with Gasteiger partial charge in [0, 0.05) is 30.5 Å². The molecule has 0 saturated heterocycles. The van der Waals surface area contributed by atoms with E-state index in [2.05, 4.69) is 15.3 Å². The third kappa shape index (κ3) is 4.25. The van der Waals surface area contributed by atoms with Crippen LogP contribution in [-0.4, -0.2) is 29.0 Å². The maximum Gasteiger partial charge on any atom is 0.336 e. The third-order valence-corrected chi connectivity index (χ3v) is 4.78. The summed E-state index contributed by atoms with van der Waals surface area (Å²) < 4.78 is 10.7. The van der Waals surface area contributed by atoms with Crippen molar-refractivity contribution in [1.29, 1.82) is 0 Å². The number of nitrogens with zero attached hydrogens (tertiary/aromatic N) is 1. The number of aromatic nitrogens is 2. The van der Waals surface area contributed by atoms with Crippen LogP contribution in [0.25, 0.3) is 22.0 Å². The Kier molecular flexibility index (Phi) is 5.22. The Morgan fingerprint density at radius 2 is 2.10 bits per heavy atom. The van der Waals surface area contributed by atoms with Gasteiger partial charge in [0.15, 0.2) is 6.61 Å². The van der Waals surface area contributed by atoms with Gasteiger partial charge < -0.3 is 19.5 Å². The molecule has 0 aliphatic heterocycles. The summed E-state index contributed by atoms with van der Waals surface area (Å²) in [5, 5.41) is 3.84. The number of aryl methyl sites for hydroxylation is 1. The molecule has 0 aliphatic carbocycles. The van der Waals surface area contributed by atoms with Crippen LogP contribution in [0.4, 0.5) is 0 Å². The second kappa shape index (κ2) is 7.97. The monoisotopic (exact) mass is 411 g/mol. The number of H-pyrrole nitrogens is 1. The molecule has 2 aromatic heterocycles. The van der Waals surface area contributed by atoms with Gasteiger partial charge in [0.05, 0.1) is 16.1 Å². The van der Waals surface area contributed by atoms with E-state index in [-0.39, 0.29) is 18.3 Å². The highest BCUT2D eigenvalue weighted by Crippen LogP contribution is 2.30. The molecule has 2 N–H and O–H groups in total. The highest BCUT2D eigenvalue weighted by atomic mass is 35.5. The summed E-state index contributed by atoms with van der Waals surface area (Å²) in [4.78, 5) is 31.3. The Morgan fingerprint density at radius 3 is 2.93 bits per heavy atom. The van der Waals surface area contributed by atoms with Gasteiger partial charge in [-0.15, -0.1) is 0 Å². The Labute approximate surface area is 170 Å². The number of hydrogen-bond donors (Lipinski definition) is 2. The second-order valence-corrected chi connectivity index (χ2v) is 7.02. The van der Waals surface area contributed by atoms with E-state index < -0.39 is 5.63 Å². The third-order valence-electron chi connectivity index (χ3n) is 4.49. The molecule has 0 unspecified atom stereocenters. The Bertz CT molecular complexity index is 1230. The quantitative estimate of drug-likeness (QED) is 0.474. The summed E-state index contributed by atoms with van der Waals surface area (Å²) in [5.74, 6) is 0.790. The fourth-order valence-electron chi connectivity index (χ4n) is 3.07. The van der Waals surface area contributed by atoms with E-state index in [9.17, 15) is 9.59 Å². The van der Waals surface area contributed by atoms with E-state index in [1.807, 2.05) is 24.3 Å². The van der Waals surface area contributed by atoms with Gasteiger partial charge in [-0.25, -0.2) is 9.78 Å². The lowest BCUT2D eigenvalue weighted by Crippen LogP contribution is -2.30. The van der Waals surface area contributed by atoms with Gasteiger partial charge in [0.2, 0.25) is 0 Å². The van der Waals surface area contributed by atoms with Crippen molar-refractivity contribution in [2.24, 2.45) is 0 Å². The largest absolute Gasteiger partial charge is 0.482 e. The van der Waals surface area contributed by atoms with E-state index in [1.54, 1.807) is 13.0 Å². The van der Waals surface area contributed by atoms with Gasteiger partial charge in [-0.2, -0.15) is 0 Å². The minimum Gasteiger partial charge on any atom is -0.482 e. The Balaban J connectivity index is 1.34. The fourth-order valence-corrected chi connectivity index (χ4v) is 3.29. The average molecular weight is 412 g/mol. The first-order chi connectivity index (χ1) is 14.0. The molecule has 0 atom stereocenters. The van der Waals surface area contributed by atoms with E-state index in [1.165, 1.54) is 12.1 Å². The zero-order valence-electron chi connectivity index (χ0n) is 15.6. The number of carbonyl (C=O) groups excluding carboxylic acids is 1. The van der Waals surface area contributed by atoms with Crippen LogP contribution in [-0.2, 0) is 11.2 Å². The SMILES string of the molecule is Cc1cc(=O)oc2cc(OCC(=O)NCCc3nc4ccccc4[nH]3)c(Cl)cc12. The Morgan fingerprint density at radius 1 is 1.28 bits per heavy atom. The zero-order valence-corrected chi connectivity index (χ0v) is 16.4. The summed E-state index contributed by atoms with van der Waals surface area (Å²) in [7, 11) is 0. The van der Waals surface area contributed by atoms with Gasteiger partial charge in [-0.05, 0) is 30.7 Å². The zero-order chi connectivity index (χ0) is 20.4. The van der Waals surface area contributed by atoms with Crippen molar-refractivity contribution in [2.75, 3.05) is 13.2 Å². The van der Waals surface area contributed by atoms with Crippen LogP contribution >= 0.6 is 11.6 Å². The lowest BCUT2D eigenvalue weighted by atomic mass is 10.1. The molecule has 0 saturated carbocycles. The molecule has 8 heteroatoms. The molecule has 4 aromatic rings. The number of halogens is 1. The molecule has 148 valence electrons. The number of para-hydroxylation sites is 2. The number of carbonyl (C=O) groups is 1. The number of imidazole rings is 1. The maximum atomic E-state index is 12.1. The van der Waals surface area contributed by atoms with Crippen molar-refractivity contribution in [3.05, 3.63) is 69.3 Å². The number of hydrogen-bond acceptors (Lipinski definition) is 5. The summed E-state index contributed by atoms with van der Waals surface area (Å²) >= 11 is 6.23. The number of amides is 1. The van der Waals surface area contributed by atoms with Crippen molar-refractivity contribution in [2.45, 2.75) is 13.3 Å². The van der Waals surface area contributed by atoms with Crippen LogP contribution in [0.15, 0.2) is 51.7 Å². The topological polar surface area (TPSA) is 97.2 Å². The number of rotatable bonds is 6. The average Bonchev–Trinajstić information content (AvgIpc) is 3.10. The van der Waals surface area contributed by atoms with Gasteiger partial charge in [-0.3, -0.25) is 4.79 Å². The molecule has 7 nitrogen and oxygen atoms in total. The highest BCUT2D eigenvalue weighted by molar-refractivity contribution is 6.32. The van der Waals surface area contributed by atoms with Gasteiger partial charge in [0.25, 0.3) is 5.91 Å². The number of nitrogens with one attached hydrogen (secondary N) is 2. The fraction of sp³-hybridized carbons (Fsp3) is 0.190. The molecule has 2 heterocycles. The number of fused-ring (bicyclic) bond motifs is 2. The number of ether oxygens (including phenoxy) is 1. The van der Waals surface area contributed by atoms with Crippen LogP contribution in [0.3, 0.4) is 0 Å². The molecule has 0 aliphatic rings. The predicted octanol–water partition coefficient (Wildman–Crippen LogP) is 3.37. The molecule has 29 heavy (non-hydrogen) atoms. The molecular weight excluding hydrogens is 394 g/mol. The first-order valence-corrected chi connectivity index (χ1v) is 9.44. The highest BCUT2D eigenvalue weighted by Gasteiger charge is 2.11. The normalized spacial score (nSPS) is 11.1. The molecule has 2 aromatic carbocycles. The van der Waals surface area contributed by atoms with Crippen molar-refractivity contribution in [3.8, 4) is 5.75 Å². The van der Waals surface area contributed by atoms with E-state index in [4.69, 9.17) is 20.8 Å². The molecule has 4 rings (SSSR count). The predicted molar refractivity (Wildman–Crippen MR) is 111 cm³/mol. The first-order valence-electron chi connectivity index (χ1n) is 9.07. The van der Waals surface area contributed by atoms with Crippen molar-refractivity contribution < 1.29 is 13.9 Å². The first kappa shape index (κ1) is 19.0. The van der Waals surface area contributed by atoms with Crippen LogP contribution in [0, 0.1) is 6.92 Å².